The van der Waals surface area contributed by atoms with Crippen molar-refractivity contribution in [2.24, 2.45) is 17.3 Å². The van der Waals surface area contributed by atoms with E-state index in [0.29, 0.717) is 24.4 Å². The molecule has 2 saturated carbocycles. The predicted molar refractivity (Wildman–Crippen MR) is 115 cm³/mol. The molecule has 1 spiro atoms. The molecule has 2 aliphatic carbocycles. The van der Waals surface area contributed by atoms with Gasteiger partial charge in [-0.3, -0.25) is 9.88 Å². The second-order valence-electron chi connectivity index (χ2n) is 10.2. The number of amides is 2. The third kappa shape index (κ3) is 4.22. The number of carbonyl (C=O) groups excluding carboxylic acids is 1. The van der Waals surface area contributed by atoms with Crippen LogP contribution >= 0.6 is 0 Å². The monoisotopic (exact) mass is 412 g/mol. The summed E-state index contributed by atoms with van der Waals surface area (Å²) in [6, 6.07) is 2.06. The molecule has 5 rings (SSSR count). The number of carbonyl (C=O) groups is 1. The lowest BCUT2D eigenvalue weighted by Gasteiger charge is -2.37. The van der Waals surface area contributed by atoms with E-state index < -0.39 is 0 Å². The Balaban J connectivity index is 1.03. The molecule has 3 heterocycles. The van der Waals surface area contributed by atoms with Crippen molar-refractivity contribution >= 4 is 6.03 Å². The Labute approximate surface area is 180 Å². The summed E-state index contributed by atoms with van der Waals surface area (Å²) < 4.78 is 0. The Morgan fingerprint density at radius 3 is 2.73 bits per heavy atom. The minimum absolute atomic E-state index is 0.0496. The largest absolute Gasteiger partial charge is 0.378 e. The lowest BCUT2D eigenvalue weighted by atomic mass is 9.85. The normalized spacial score (nSPS) is 27.1. The van der Waals surface area contributed by atoms with Gasteiger partial charge in [0.2, 0.25) is 0 Å². The Morgan fingerprint density at radius 1 is 1.20 bits per heavy atom. The number of hydrogen-bond donors (Lipinski definition) is 2. The van der Waals surface area contributed by atoms with E-state index in [1.54, 1.807) is 6.20 Å². The molecular formula is C24H36N4O2. The van der Waals surface area contributed by atoms with E-state index in [2.05, 4.69) is 15.2 Å². The third-order valence-electron chi connectivity index (χ3n) is 8.36. The van der Waals surface area contributed by atoms with Crippen LogP contribution < -0.4 is 5.32 Å². The van der Waals surface area contributed by atoms with E-state index in [-0.39, 0.29) is 12.3 Å². The van der Waals surface area contributed by atoms with Crippen molar-refractivity contribution in [3.05, 3.63) is 29.6 Å². The summed E-state index contributed by atoms with van der Waals surface area (Å²) in [4.78, 5) is 21.0. The highest BCUT2D eigenvalue weighted by atomic mass is 16.3. The van der Waals surface area contributed by atoms with Gasteiger partial charge in [-0.25, -0.2) is 4.79 Å². The minimum atomic E-state index is -0.256. The molecule has 0 aromatic carbocycles. The highest BCUT2D eigenvalue weighted by molar-refractivity contribution is 5.75. The van der Waals surface area contributed by atoms with E-state index >= 15 is 0 Å². The van der Waals surface area contributed by atoms with Crippen LogP contribution in [-0.4, -0.2) is 51.8 Å². The number of fused-ring (bicyclic) bond motifs is 1. The van der Waals surface area contributed by atoms with E-state index in [4.69, 9.17) is 0 Å². The molecule has 2 atom stereocenters. The molecule has 1 saturated heterocycles. The summed E-state index contributed by atoms with van der Waals surface area (Å²) in [6.45, 7) is 4.15. The standard InChI is InChI=1S/C24H36N4O2/c29-22(12-18-4-2-1-3-5-18)27-10-7-24(8-11-27)13-21(24)15-26-23(30)28-16-19-6-9-25-14-20(19)17-28/h6,9,14,18,21-22,29H,1-5,7-8,10-13,15-17H2,(H,26,30). The van der Waals surface area contributed by atoms with Gasteiger partial charge in [-0.15, -0.1) is 0 Å². The average Bonchev–Trinajstić information content (AvgIpc) is 3.25. The van der Waals surface area contributed by atoms with E-state index in [9.17, 15) is 9.90 Å². The molecule has 6 nitrogen and oxygen atoms in total. The van der Waals surface area contributed by atoms with Gasteiger partial charge >= 0.3 is 6.03 Å². The van der Waals surface area contributed by atoms with Crippen LogP contribution in [0.3, 0.4) is 0 Å². The number of aliphatic hydroxyl groups is 1. The first kappa shape index (κ1) is 20.3. The molecule has 164 valence electrons. The second kappa shape index (κ2) is 8.46. The smallest absolute Gasteiger partial charge is 0.318 e. The highest BCUT2D eigenvalue weighted by Gasteiger charge is 2.54. The van der Waals surface area contributed by atoms with Gasteiger partial charge in [-0.1, -0.05) is 32.1 Å². The van der Waals surface area contributed by atoms with Gasteiger partial charge in [-0.2, -0.15) is 0 Å². The molecule has 0 bridgehead atoms. The van der Waals surface area contributed by atoms with Crippen molar-refractivity contribution < 1.29 is 9.90 Å². The number of pyridine rings is 1. The molecule has 3 fully saturated rings. The minimum Gasteiger partial charge on any atom is -0.378 e. The number of nitrogens with one attached hydrogen (secondary N) is 1. The number of urea groups is 1. The Kier molecular flexibility index (Phi) is 5.71. The first-order chi connectivity index (χ1) is 14.6. The van der Waals surface area contributed by atoms with Crippen molar-refractivity contribution in [2.45, 2.75) is 77.1 Å². The molecule has 6 heteroatoms. The van der Waals surface area contributed by atoms with Crippen molar-refractivity contribution in [3.63, 3.8) is 0 Å². The molecule has 2 aliphatic heterocycles. The predicted octanol–water partition coefficient (Wildman–Crippen LogP) is 3.50. The Morgan fingerprint density at radius 2 is 1.97 bits per heavy atom. The van der Waals surface area contributed by atoms with Crippen LogP contribution in [0, 0.1) is 17.3 Å². The number of aromatic nitrogens is 1. The molecule has 2 amide bonds. The van der Waals surface area contributed by atoms with Gasteiger partial charge in [0.1, 0.15) is 6.23 Å². The molecule has 2 unspecified atom stereocenters. The summed E-state index contributed by atoms with van der Waals surface area (Å²) in [7, 11) is 0. The van der Waals surface area contributed by atoms with Crippen molar-refractivity contribution in [1.82, 2.24) is 20.1 Å². The lowest BCUT2D eigenvalue weighted by Crippen LogP contribution is -2.44. The third-order valence-corrected chi connectivity index (χ3v) is 8.36. The van der Waals surface area contributed by atoms with Gasteiger partial charge in [-0.05, 0) is 60.1 Å². The molecule has 1 aromatic rings. The van der Waals surface area contributed by atoms with Gasteiger partial charge in [0, 0.05) is 45.1 Å². The van der Waals surface area contributed by atoms with Crippen LogP contribution in [0.5, 0.6) is 0 Å². The number of nitrogens with zero attached hydrogens (tertiary/aromatic N) is 3. The summed E-state index contributed by atoms with van der Waals surface area (Å²) >= 11 is 0. The lowest BCUT2D eigenvalue weighted by molar-refractivity contribution is -0.0385. The van der Waals surface area contributed by atoms with Gasteiger partial charge < -0.3 is 15.3 Å². The van der Waals surface area contributed by atoms with Crippen LogP contribution in [0.4, 0.5) is 4.79 Å². The van der Waals surface area contributed by atoms with Crippen LogP contribution in [-0.2, 0) is 13.1 Å². The first-order valence-electron chi connectivity index (χ1n) is 12.0. The molecular weight excluding hydrogens is 376 g/mol. The maximum atomic E-state index is 12.6. The van der Waals surface area contributed by atoms with Crippen LogP contribution in [0.25, 0.3) is 0 Å². The zero-order chi connectivity index (χ0) is 20.6. The molecule has 0 radical (unpaired) electrons. The quantitative estimate of drug-likeness (QED) is 0.777. The van der Waals surface area contributed by atoms with Crippen molar-refractivity contribution in [3.8, 4) is 0 Å². The van der Waals surface area contributed by atoms with Crippen molar-refractivity contribution in [2.75, 3.05) is 19.6 Å². The van der Waals surface area contributed by atoms with Gasteiger partial charge in [0.15, 0.2) is 0 Å². The maximum absolute atomic E-state index is 12.6. The topological polar surface area (TPSA) is 68.7 Å². The summed E-state index contributed by atoms with van der Waals surface area (Å²) in [5.41, 5.74) is 2.78. The number of piperidine rings is 1. The number of likely N-dealkylation sites (tertiary alicyclic amines) is 1. The maximum Gasteiger partial charge on any atom is 0.318 e. The first-order valence-corrected chi connectivity index (χ1v) is 12.0. The summed E-state index contributed by atoms with van der Waals surface area (Å²) in [6.07, 6.45) is 14.6. The molecule has 1 aromatic heterocycles. The molecule has 30 heavy (non-hydrogen) atoms. The second-order valence-corrected chi connectivity index (χ2v) is 10.2. The number of aliphatic hydroxyl groups excluding tert-OH is 1. The summed E-state index contributed by atoms with van der Waals surface area (Å²) in [5.74, 6) is 1.33. The fourth-order valence-corrected chi connectivity index (χ4v) is 6.16. The molecule has 2 N–H and O–H groups in total. The van der Waals surface area contributed by atoms with Crippen LogP contribution in [0.15, 0.2) is 18.5 Å². The highest BCUT2D eigenvalue weighted by Crippen LogP contribution is 2.59. The number of rotatable bonds is 5. The number of hydrogen-bond acceptors (Lipinski definition) is 4. The zero-order valence-corrected chi connectivity index (χ0v) is 18.1. The Hall–Kier alpha value is -1.66. The fraction of sp³-hybridized carbons (Fsp3) is 0.750. The Bertz CT molecular complexity index is 730. The fourth-order valence-electron chi connectivity index (χ4n) is 6.16. The summed E-state index contributed by atoms with van der Waals surface area (Å²) in [5, 5.41) is 13.9. The molecule has 4 aliphatic rings. The van der Waals surface area contributed by atoms with Gasteiger partial charge in [0.05, 0.1) is 0 Å². The van der Waals surface area contributed by atoms with Gasteiger partial charge in [0.25, 0.3) is 0 Å². The van der Waals surface area contributed by atoms with Crippen LogP contribution in [0.2, 0.25) is 0 Å². The van der Waals surface area contributed by atoms with Crippen molar-refractivity contribution in [1.29, 1.82) is 0 Å². The van der Waals surface area contributed by atoms with E-state index in [1.807, 2.05) is 17.2 Å². The van der Waals surface area contributed by atoms with Crippen LogP contribution in [0.1, 0.15) is 68.9 Å². The van der Waals surface area contributed by atoms with E-state index in [0.717, 1.165) is 50.4 Å². The van der Waals surface area contributed by atoms with E-state index in [1.165, 1.54) is 44.1 Å². The average molecular weight is 413 g/mol. The zero-order valence-electron chi connectivity index (χ0n) is 18.1. The SMILES string of the molecule is O=C(NCC1CC12CCN(C(O)CC1CCCCC1)CC2)N1Cc2ccncc2C1.